The average Bonchev–Trinajstić information content (AvgIpc) is 3.52. The normalized spacial score (nSPS) is 18.6. The van der Waals surface area contributed by atoms with Gasteiger partial charge in [0.1, 0.15) is 5.69 Å². The molecule has 9 nitrogen and oxygen atoms in total. The van der Waals surface area contributed by atoms with Crippen molar-refractivity contribution in [2.24, 2.45) is 5.92 Å². The molecule has 1 atom stereocenters. The Labute approximate surface area is 191 Å². The van der Waals surface area contributed by atoms with Crippen molar-refractivity contribution in [1.29, 1.82) is 0 Å². The lowest BCUT2D eigenvalue weighted by Crippen LogP contribution is -2.52. The quantitative estimate of drug-likeness (QED) is 0.661. The van der Waals surface area contributed by atoms with Crippen LogP contribution in [0.3, 0.4) is 0 Å². The molecule has 33 heavy (non-hydrogen) atoms. The summed E-state index contributed by atoms with van der Waals surface area (Å²) in [6.07, 6.45) is 3.58. The van der Waals surface area contributed by atoms with E-state index in [0.29, 0.717) is 44.1 Å². The molecule has 3 amide bonds. The van der Waals surface area contributed by atoms with Gasteiger partial charge in [0.25, 0.3) is 5.91 Å². The van der Waals surface area contributed by atoms with E-state index in [1.165, 1.54) is 0 Å². The summed E-state index contributed by atoms with van der Waals surface area (Å²) < 4.78 is 0. The van der Waals surface area contributed by atoms with Crippen molar-refractivity contribution in [3.8, 4) is 11.3 Å². The molecule has 0 aliphatic carbocycles. The Morgan fingerprint density at radius 1 is 0.939 bits per heavy atom. The molecule has 1 aromatic carbocycles. The van der Waals surface area contributed by atoms with Crippen LogP contribution >= 0.6 is 0 Å². The summed E-state index contributed by atoms with van der Waals surface area (Å²) in [5, 5.41) is 7.06. The number of hydrogen-bond donors (Lipinski definition) is 1. The second kappa shape index (κ2) is 8.85. The minimum absolute atomic E-state index is 0.0182. The summed E-state index contributed by atoms with van der Waals surface area (Å²) in [4.78, 5) is 47.6. The van der Waals surface area contributed by atoms with Crippen molar-refractivity contribution in [3.63, 3.8) is 0 Å². The molecule has 2 fully saturated rings. The lowest BCUT2D eigenvalue weighted by atomic mass is 10.1. The maximum Gasteiger partial charge on any atom is 0.272 e. The highest BCUT2D eigenvalue weighted by Gasteiger charge is 2.38. The third-order valence-electron chi connectivity index (χ3n) is 6.21. The van der Waals surface area contributed by atoms with Crippen LogP contribution < -0.4 is 4.90 Å². The van der Waals surface area contributed by atoms with E-state index in [9.17, 15) is 14.4 Å². The second-order valence-electron chi connectivity index (χ2n) is 8.26. The predicted octanol–water partition coefficient (Wildman–Crippen LogP) is 1.81. The first-order chi connectivity index (χ1) is 16.1. The topological polar surface area (TPSA) is 102 Å². The van der Waals surface area contributed by atoms with E-state index >= 15 is 0 Å². The largest absolute Gasteiger partial charge is 0.339 e. The van der Waals surface area contributed by atoms with Gasteiger partial charge in [-0.15, -0.1) is 0 Å². The number of nitrogens with zero attached hydrogens (tertiary/aromatic N) is 5. The fourth-order valence-electron chi connectivity index (χ4n) is 4.39. The summed E-state index contributed by atoms with van der Waals surface area (Å²) in [5.41, 5.74) is 2.80. The molecule has 0 saturated carbocycles. The number of H-pyrrole nitrogens is 1. The van der Waals surface area contributed by atoms with E-state index in [1.54, 1.807) is 33.2 Å². The Bertz CT molecular complexity index is 1160. The number of nitrogens with one attached hydrogen (secondary N) is 1. The predicted molar refractivity (Wildman–Crippen MR) is 121 cm³/mol. The Kier molecular flexibility index (Phi) is 5.60. The van der Waals surface area contributed by atoms with E-state index in [4.69, 9.17) is 0 Å². The molecule has 5 rings (SSSR count). The zero-order chi connectivity index (χ0) is 22.8. The van der Waals surface area contributed by atoms with Gasteiger partial charge in [-0.25, -0.2) is 0 Å². The smallest absolute Gasteiger partial charge is 0.272 e. The Morgan fingerprint density at radius 2 is 1.64 bits per heavy atom. The van der Waals surface area contributed by atoms with Gasteiger partial charge < -0.3 is 14.7 Å². The van der Waals surface area contributed by atoms with Crippen molar-refractivity contribution >= 4 is 23.4 Å². The van der Waals surface area contributed by atoms with E-state index < -0.39 is 0 Å². The zero-order valence-corrected chi connectivity index (χ0v) is 18.1. The summed E-state index contributed by atoms with van der Waals surface area (Å²) in [7, 11) is 0. The van der Waals surface area contributed by atoms with Crippen LogP contribution in [0.4, 0.5) is 5.69 Å². The van der Waals surface area contributed by atoms with Crippen LogP contribution in [0.1, 0.15) is 16.9 Å². The highest BCUT2D eigenvalue weighted by atomic mass is 16.2. The fraction of sp³-hybridized carbons (Fsp3) is 0.292. The van der Waals surface area contributed by atoms with Crippen molar-refractivity contribution < 1.29 is 14.4 Å². The number of anilines is 1. The monoisotopic (exact) mass is 444 g/mol. The molecule has 9 heteroatoms. The summed E-state index contributed by atoms with van der Waals surface area (Å²) in [6, 6.07) is 14.8. The summed E-state index contributed by atoms with van der Waals surface area (Å²) >= 11 is 0. The molecule has 0 spiro atoms. The van der Waals surface area contributed by atoms with Crippen LogP contribution in [0, 0.1) is 5.92 Å². The molecular formula is C24H24N6O3. The number of pyridine rings is 1. The first kappa shape index (κ1) is 20.9. The minimum Gasteiger partial charge on any atom is -0.339 e. The third kappa shape index (κ3) is 4.21. The number of aromatic amines is 1. The molecule has 1 N–H and O–H groups in total. The molecule has 0 radical (unpaired) electrons. The number of benzene rings is 1. The number of rotatable bonds is 4. The Morgan fingerprint density at radius 3 is 2.36 bits per heavy atom. The van der Waals surface area contributed by atoms with Crippen molar-refractivity contribution in [2.75, 3.05) is 37.6 Å². The van der Waals surface area contributed by atoms with Gasteiger partial charge in [-0.05, 0) is 30.3 Å². The number of amides is 3. The highest BCUT2D eigenvalue weighted by molar-refractivity contribution is 6.00. The van der Waals surface area contributed by atoms with Gasteiger partial charge in [0.05, 0.1) is 11.6 Å². The number of hydrogen-bond acceptors (Lipinski definition) is 5. The zero-order valence-electron chi connectivity index (χ0n) is 18.1. The SMILES string of the molecule is O=C(c1cc(-c2ccncc2)n[nH]1)N1CCN(C(=O)[C@@H]2CC(=O)N(c3ccccc3)C2)CC1. The first-order valence-electron chi connectivity index (χ1n) is 11.0. The van der Waals surface area contributed by atoms with Crippen LogP contribution in [0.5, 0.6) is 0 Å². The average molecular weight is 444 g/mol. The van der Waals surface area contributed by atoms with Crippen molar-refractivity contribution in [2.45, 2.75) is 6.42 Å². The summed E-state index contributed by atoms with van der Waals surface area (Å²) in [5.74, 6) is -0.537. The van der Waals surface area contributed by atoms with Gasteiger partial charge in [-0.1, -0.05) is 18.2 Å². The molecule has 3 aromatic rings. The van der Waals surface area contributed by atoms with Gasteiger partial charge >= 0.3 is 0 Å². The highest BCUT2D eigenvalue weighted by Crippen LogP contribution is 2.26. The molecule has 168 valence electrons. The maximum atomic E-state index is 13.1. The number of piperazine rings is 1. The molecule has 0 unspecified atom stereocenters. The first-order valence-corrected chi connectivity index (χ1v) is 11.0. The van der Waals surface area contributed by atoms with E-state index in [1.807, 2.05) is 42.5 Å². The molecule has 2 aliphatic rings. The van der Waals surface area contributed by atoms with Crippen molar-refractivity contribution in [3.05, 3.63) is 66.6 Å². The number of aromatic nitrogens is 3. The standard InChI is InChI=1S/C24H24N6O3/c31-22-14-18(16-30(22)19-4-2-1-3-5-19)23(32)28-10-12-29(13-11-28)24(33)21-15-20(26-27-21)17-6-8-25-9-7-17/h1-9,15,18H,10-14,16H2,(H,26,27)/t18-/m1/s1. The van der Waals surface area contributed by atoms with Crippen LogP contribution in [0.25, 0.3) is 11.3 Å². The fourth-order valence-corrected chi connectivity index (χ4v) is 4.39. The number of carbonyl (C=O) groups is 3. The van der Waals surface area contributed by atoms with Gasteiger partial charge in [0.2, 0.25) is 11.8 Å². The lowest BCUT2D eigenvalue weighted by Gasteiger charge is -2.35. The molecule has 2 aromatic heterocycles. The van der Waals surface area contributed by atoms with E-state index in [-0.39, 0.29) is 30.1 Å². The third-order valence-corrected chi connectivity index (χ3v) is 6.21. The van der Waals surface area contributed by atoms with Gasteiger partial charge in [0, 0.05) is 62.8 Å². The van der Waals surface area contributed by atoms with Crippen LogP contribution in [0.2, 0.25) is 0 Å². The Balaban J connectivity index is 1.17. The maximum absolute atomic E-state index is 13.1. The number of carbonyl (C=O) groups excluding carboxylic acids is 3. The lowest BCUT2D eigenvalue weighted by molar-refractivity contribution is -0.137. The molecule has 2 saturated heterocycles. The summed E-state index contributed by atoms with van der Waals surface area (Å²) in [6.45, 7) is 2.18. The van der Waals surface area contributed by atoms with Crippen LogP contribution in [-0.2, 0) is 9.59 Å². The van der Waals surface area contributed by atoms with Gasteiger partial charge in [-0.3, -0.25) is 24.5 Å². The second-order valence-corrected chi connectivity index (χ2v) is 8.26. The number of para-hydroxylation sites is 1. The molecule has 4 heterocycles. The Hall–Kier alpha value is -4.01. The van der Waals surface area contributed by atoms with Crippen LogP contribution in [0.15, 0.2) is 60.9 Å². The molecule has 2 aliphatic heterocycles. The van der Waals surface area contributed by atoms with E-state index in [0.717, 1.165) is 11.3 Å². The van der Waals surface area contributed by atoms with Crippen LogP contribution in [-0.4, -0.2) is 75.4 Å². The van der Waals surface area contributed by atoms with Crippen molar-refractivity contribution in [1.82, 2.24) is 25.0 Å². The minimum atomic E-state index is -0.351. The van der Waals surface area contributed by atoms with Gasteiger partial charge in [-0.2, -0.15) is 5.10 Å². The molecular weight excluding hydrogens is 420 g/mol. The molecule has 0 bridgehead atoms. The van der Waals surface area contributed by atoms with Gasteiger partial charge in [0.15, 0.2) is 0 Å². The van der Waals surface area contributed by atoms with E-state index in [2.05, 4.69) is 15.2 Å².